The molecule has 1 saturated carbocycles. The Balaban J connectivity index is 1.84. The molecule has 17 nitrogen and oxygen atoms in total. The molecule has 0 aromatic carbocycles. The molecule has 2 heterocycles. The fourth-order valence-corrected chi connectivity index (χ4v) is 4.84. The number of nitrogens with one attached hydrogen (secondary N) is 1. The van der Waals surface area contributed by atoms with Crippen LogP contribution in [0.5, 0.6) is 0 Å². The summed E-state index contributed by atoms with van der Waals surface area (Å²) < 4.78 is 22.7. The Morgan fingerprint density at radius 1 is 0.895 bits per heavy atom. The maximum absolute atomic E-state index is 12.4. The predicted octanol–water partition coefficient (Wildman–Crippen LogP) is -7.79. The van der Waals surface area contributed by atoms with Crippen molar-refractivity contribution in [1.82, 2.24) is 5.32 Å². The molecule has 0 bridgehead atoms. The molecule has 1 amide bonds. The van der Waals surface area contributed by atoms with Crippen molar-refractivity contribution in [2.75, 3.05) is 19.7 Å². The Labute approximate surface area is 218 Å². The predicted molar refractivity (Wildman–Crippen MR) is 125 cm³/mol. The zero-order valence-corrected chi connectivity index (χ0v) is 20.7. The maximum Gasteiger partial charge on any atom is 0.249 e. The quantitative estimate of drug-likeness (QED) is 0.119. The average molecular weight is 556 g/mol. The second-order valence-corrected chi connectivity index (χ2v) is 9.84. The molecule has 3 aliphatic rings. The third-order valence-electron chi connectivity index (χ3n) is 7.15. The standard InChI is InChI=1S/C21H41N5O12/c22-2-1-8(28)19(34)26-7-3-6(24)17(37-20-11(25)15(32)13(30)9(4-23)35-20)18(12(7)29)38-21-16(33)14(31)10(5-27)36-21/h6-18,20-21,27-33H,1-5,22-25H2,(H,26,34)/t6?,7?,8?,9?,10-,11+,12-,13?,14-,15-,16+,17?,18-,20?,21?/m1/s1. The second kappa shape index (κ2) is 13.5. The number of hydrogen-bond acceptors (Lipinski definition) is 16. The lowest BCUT2D eigenvalue weighted by molar-refractivity contribution is -0.307. The highest BCUT2D eigenvalue weighted by Crippen LogP contribution is 2.32. The molecule has 3 rings (SSSR count). The zero-order valence-electron chi connectivity index (χ0n) is 20.7. The minimum atomic E-state index is -1.62. The zero-order chi connectivity index (χ0) is 28.3. The van der Waals surface area contributed by atoms with Gasteiger partial charge in [-0.1, -0.05) is 0 Å². The molecule has 17 heteroatoms. The molecular weight excluding hydrogens is 514 g/mol. The number of aliphatic hydroxyl groups is 7. The molecule has 2 saturated heterocycles. The minimum absolute atomic E-state index is 0.0255. The number of hydrogen-bond donors (Lipinski definition) is 12. The first kappa shape index (κ1) is 31.4. The molecule has 38 heavy (non-hydrogen) atoms. The van der Waals surface area contributed by atoms with Gasteiger partial charge in [0, 0.05) is 12.6 Å². The molecule has 0 spiro atoms. The fourth-order valence-electron chi connectivity index (χ4n) is 4.84. The monoisotopic (exact) mass is 555 g/mol. The Kier molecular flexibility index (Phi) is 11.1. The van der Waals surface area contributed by atoms with Gasteiger partial charge in [0.2, 0.25) is 5.91 Å². The summed E-state index contributed by atoms with van der Waals surface area (Å²) in [5.41, 5.74) is 23.3. The van der Waals surface area contributed by atoms with Crippen molar-refractivity contribution in [2.45, 2.75) is 105 Å². The van der Waals surface area contributed by atoms with Crippen LogP contribution in [0.1, 0.15) is 12.8 Å². The molecule has 16 N–H and O–H groups in total. The smallest absolute Gasteiger partial charge is 0.249 e. The van der Waals surface area contributed by atoms with Gasteiger partial charge in [0.1, 0.15) is 61.0 Å². The van der Waals surface area contributed by atoms with Gasteiger partial charge >= 0.3 is 0 Å². The van der Waals surface area contributed by atoms with Crippen LogP contribution in [0.2, 0.25) is 0 Å². The molecule has 15 atom stereocenters. The number of nitrogens with two attached hydrogens (primary N) is 4. The number of rotatable bonds is 10. The van der Waals surface area contributed by atoms with Crippen molar-refractivity contribution < 1.29 is 59.5 Å². The summed E-state index contributed by atoms with van der Waals surface area (Å²) in [4.78, 5) is 12.4. The molecule has 222 valence electrons. The van der Waals surface area contributed by atoms with Crippen molar-refractivity contribution in [3.05, 3.63) is 0 Å². The fraction of sp³-hybridized carbons (Fsp3) is 0.952. The summed E-state index contributed by atoms with van der Waals surface area (Å²) in [5.74, 6) is -0.807. The number of ether oxygens (including phenoxy) is 4. The van der Waals surface area contributed by atoms with E-state index < -0.39 is 104 Å². The third-order valence-corrected chi connectivity index (χ3v) is 7.15. The molecule has 0 aromatic heterocycles. The second-order valence-electron chi connectivity index (χ2n) is 9.84. The van der Waals surface area contributed by atoms with E-state index in [1.807, 2.05) is 0 Å². The summed E-state index contributed by atoms with van der Waals surface area (Å²) in [6.45, 7) is -0.764. The average Bonchev–Trinajstić information content (AvgIpc) is 3.16. The van der Waals surface area contributed by atoms with Crippen molar-refractivity contribution in [2.24, 2.45) is 22.9 Å². The van der Waals surface area contributed by atoms with Crippen LogP contribution < -0.4 is 28.3 Å². The van der Waals surface area contributed by atoms with Gasteiger partial charge in [-0.3, -0.25) is 4.79 Å². The lowest BCUT2D eigenvalue weighted by atomic mass is 9.83. The summed E-state index contributed by atoms with van der Waals surface area (Å²) in [5, 5.41) is 74.0. The lowest BCUT2D eigenvalue weighted by Crippen LogP contribution is -2.69. The number of carbonyl (C=O) groups excluding carboxylic acids is 1. The number of aliphatic hydroxyl groups excluding tert-OH is 7. The van der Waals surface area contributed by atoms with Crippen LogP contribution in [0.4, 0.5) is 0 Å². The molecule has 1 aliphatic carbocycles. The van der Waals surface area contributed by atoms with E-state index in [1.54, 1.807) is 0 Å². The largest absolute Gasteiger partial charge is 0.394 e. The van der Waals surface area contributed by atoms with E-state index in [0.717, 1.165) is 0 Å². The topological polar surface area (TPSA) is 312 Å². The first-order valence-corrected chi connectivity index (χ1v) is 12.5. The molecule has 8 unspecified atom stereocenters. The van der Waals surface area contributed by atoms with Gasteiger partial charge in [0.25, 0.3) is 0 Å². The van der Waals surface area contributed by atoms with E-state index in [4.69, 9.17) is 41.9 Å². The Morgan fingerprint density at radius 3 is 2.08 bits per heavy atom. The highest BCUT2D eigenvalue weighted by molar-refractivity contribution is 5.80. The van der Waals surface area contributed by atoms with Crippen molar-refractivity contribution in [3.8, 4) is 0 Å². The van der Waals surface area contributed by atoms with Crippen LogP contribution in [0.3, 0.4) is 0 Å². The van der Waals surface area contributed by atoms with Crippen LogP contribution in [0.15, 0.2) is 0 Å². The minimum Gasteiger partial charge on any atom is -0.394 e. The van der Waals surface area contributed by atoms with Crippen LogP contribution in [-0.4, -0.2) is 153 Å². The highest BCUT2D eigenvalue weighted by Gasteiger charge is 2.53. The van der Waals surface area contributed by atoms with Gasteiger partial charge in [-0.05, 0) is 19.4 Å². The summed E-state index contributed by atoms with van der Waals surface area (Å²) >= 11 is 0. The Morgan fingerprint density at radius 2 is 1.50 bits per heavy atom. The number of carbonyl (C=O) groups is 1. The maximum atomic E-state index is 12.4. The summed E-state index contributed by atoms with van der Waals surface area (Å²) in [7, 11) is 0. The normalized spacial score (nSPS) is 46.6. The summed E-state index contributed by atoms with van der Waals surface area (Å²) in [6, 6.07) is -3.29. The lowest BCUT2D eigenvalue weighted by Gasteiger charge is -2.48. The van der Waals surface area contributed by atoms with E-state index in [9.17, 15) is 40.5 Å². The van der Waals surface area contributed by atoms with Crippen LogP contribution >= 0.6 is 0 Å². The first-order chi connectivity index (χ1) is 17.9. The third kappa shape index (κ3) is 6.60. The molecule has 0 radical (unpaired) electrons. The van der Waals surface area contributed by atoms with Gasteiger partial charge in [-0.25, -0.2) is 0 Å². The van der Waals surface area contributed by atoms with Crippen molar-refractivity contribution >= 4 is 5.91 Å². The van der Waals surface area contributed by atoms with E-state index in [-0.39, 0.29) is 25.9 Å². The van der Waals surface area contributed by atoms with Crippen molar-refractivity contribution in [1.29, 1.82) is 0 Å². The highest BCUT2D eigenvalue weighted by atomic mass is 16.7. The van der Waals surface area contributed by atoms with Crippen LogP contribution in [0.25, 0.3) is 0 Å². The van der Waals surface area contributed by atoms with Crippen LogP contribution in [0, 0.1) is 0 Å². The van der Waals surface area contributed by atoms with E-state index in [1.165, 1.54) is 0 Å². The number of amides is 1. The van der Waals surface area contributed by atoms with E-state index >= 15 is 0 Å². The van der Waals surface area contributed by atoms with E-state index in [0.29, 0.717) is 0 Å². The molecule has 0 aromatic rings. The van der Waals surface area contributed by atoms with Crippen LogP contribution in [-0.2, 0) is 23.7 Å². The Bertz CT molecular complexity index is 770. The van der Waals surface area contributed by atoms with E-state index in [2.05, 4.69) is 5.32 Å². The summed E-state index contributed by atoms with van der Waals surface area (Å²) in [6.07, 6.45) is -16.9. The van der Waals surface area contributed by atoms with Gasteiger partial charge in [0.15, 0.2) is 12.6 Å². The molecule has 2 aliphatic heterocycles. The van der Waals surface area contributed by atoms with Gasteiger partial charge < -0.3 is 82.9 Å². The van der Waals surface area contributed by atoms with Gasteiger partial charge in [-0.15, -0.1) is 0 Å². The van der Waals surface area contributed by atoms with Gasteiger partial charge in [0.05, 0.1) is 18.7 Å². The van der Waals surface area contributed by atoms with Gasteiger partial charge in [-0.2, -0.15) is 0 Å². The SMILES string of the molecule is NCCC(O)C(=O)NC1CC(N)C(OC2OC(CN)C(O)[C@H](O)[C@@H]2N)[C@H](OC2O[C@H](CO)[C@@H](O)[C@@H]2O)[C@@H]1O. The first-order valence-electron chi connectivity index (χ1n) is 12.5. The Hall–Kier alpha value is -1.13. The molecular formula is C21H41N5O12. The molecule has 3 fully saturated rings. The van der Waals surface area contributed by atoms with Crippen molar-refractivity contribution in [3.63, 3.8) is 0 Å².